The SMILES string of the molecule is Cn1c(=O)oc2ccc(S(=O)(=O)NCc3nc(-c4ccccn4)no3)cc21. The molecule has 0 aliphatic heterocycles. The molecule has 0 fully saturated rings. The van der Waals surface area contributed by atoms with Crippen LogP contribution in [0.15, 0.2) is 61.2 Å². The summed E-state index contributed by atoms with van der Waals surface area (Å²) in [5, 5.41) is 3.78. The highest BCUT2D eigenvalue weighted by Crippen LogP contribution is 2.18. The van der Waals surface area contributed by atoms with E-state index in [1.54, 1.807) is 24.4 Å². The number of aromatic nitrogens is 4. The lowest BCUT2D eigenvalue weighted by Crippen LogP contribution is -2.23. The predicted octanol–water partition coefficient (Wildman–Crippen LogP) is 1.05. The van der Waals surface area contributed by atoms with Gasteiger partial charge in [-0.25, -0.2) is 17.9 Å². The minimum atomic E-state index is -3.86. The van der Waals surface area contributed by atoms with E-state index in [9.17, 15) is 13.2 Å². The minimum absolute atomic E-state index is 0.0177. The average molecular weight is 387 g/mol. The number of pyridine rings is 1. The van der Waals surface area contributed by atoms with Crippen molar-refractivity contribution in [3.05, 3.63) is 59.0 Å². The molecule has 3 heterocycles. The van der Waals surface area contributed by atoms with Gasteiger partial charge in [-0.05, 0) is 30.3 Å². The first-order valence-electron chi connectivity index (χ1n) is 7.77. The van der Waals surface area contributed by atoms with Gasteiger partial charge in [-0.1, -0.05) is 11.2 Å². The zero-order chi connectivity index (χ0) is 19.0. The Hall–Kier alpha value is -3.31. The van der Waals surface area contributed by atoms with E-state index in [1.165, 1.54) is 29.8 Å². The first-order chi connectivity index (χ1) is 12.9. The maximum atomic E-state index is 12.5. The van der Waals surface area contributed by atoms with E-state index in [1.807, 2.05) is 0 Å². The van der Waals surface area contributed by atoms with Gasteiger partial charge in [0.05, 0.1) is 17.0 Å². The Morgan fingerprint density at radius 1 is 1.22 bits per heavy atom. The Balaban J connectivity index is 1.55. The summed E-state index contributed by atoms with van der Waals surface area (Å²) < 4.78 is 38.7. The second-order valence-electron chi connectivity index (χ2n) is 5.61. The summed E-state index contributed by atoms with van der Waals surface area (Å²) in [6.07, 6.45) is 1.59. The fourth-order valence-electron chi connectivity index (χ4n) is 2.44. The molecule has 4 rings (SSSR count). The number of nitrogens with one attached hydrogen (secondary N) is 1. The Kier molecular flexibility index (Phi) is 4.09. The highest BCUT2D eigenvalue weighted by molar-refractivity contribution is 7.89. The van der Waals surface area contributed by atoms with Crippen molar-refractivity contribution >= 4 is 21.1 Å². The molecular weight excluding hydrogens is 374 g/mol. The molecule has 1 aromatic carbocycles. The van der Waals surface area contributed by atoms with Gasteiger partial charge in [0.2, 0.25) is 21.7 Å². The first kappa shape index (κ1) is 17.1. The Morgan fingerprint density at radius 2 is 2.07 bits per heavy atom. The van der Waals surface area contributed by atoms with Crippen molar-refractivity contribution in [3.63, 3.8) is 0 Å². The molecule has 0 aliphatic rings. The number of fused-ring (bicyclic) bond motifs is 1. The smallest absolute Gasteiger partial charge is 0.408 e. The fraction of sp³-hybridized carbons (Fsp3) is 0.125. The van der Waals surface area contributed by atoms with Crippen LogP contribution in [0.1, 0.15) is 5.89 Å². The number of hydrogen-bond acceptors (Lipinski definition) is 8. The van der Waals surface area contributed by atoms with Gasteiger partial charge >= 0.3 is 5.76 Å². The van der Waals surface area contributed by atoms with E-state index in [2.05, 4.69) is 19.8 Å². The van der Waals surface area contributed by atoms with E-state index in [0.29, 0.717) is 16.8 Å². The van der Waals surface area contributed by atoms with E-state index >= 15 is 0 Å². The number of benzene rings is 1. The van der Waals surface area contributed by atoms with Gasteiger partial charge in [0.15, 0.2) is 5.58 Å². The maximum Gasteiger partial charge on any atom is 0.419 e. The molecule has 27 heavy (non-hydrogen) atoms. The molecule has 0 aliphatic carbocycles. The molecule has 0 unspecified atom stereocenters. The normalized spacial score (nSPS) is 11.9. The van der Waals surface area contributed by atoms with Gasteiger partial charge in [-0.15, -0.1) is 0 Å². The zero-order valence-corrected chi connectivity index (χ0v) is 14.8. The molecular formula is C16H13N5O5S. The molecule has 11 heteroatoms. The monoisotopic (exact) mass is 387 g/mol. The molecule has 0 atom stereocenters. The predicted molar refractivity (Wildman–Crippen MR) is 93.0 cm³/mol. The Bertz CT molecular complexity index is 1270. The molecule has 0 spiro atoms. The van der Waals surface area contributed by atoms with Crippen LogP contribution in [0.2, 0.25) is 0 Å². The van der Waals surface area contributed by atoms with Crippen molar-refractivity contribution in [3.8, 4) is 11.5 Å². The van der Waals surface area contributed by atoms with Gasteiger partial charge in [0, 0.05) is 13.2 Å². The molecule has 4 aromatic rings. The lowest BCUT2D eigenvalue weighted by atomic mass is 10.3. The van der Waals surface area contributed by atoms with Crippen LogP contribution in [-0.4, -0.2) is 28.1 Å². The molecule has 0 saturated heterocycles. The van der Waals surface area contributed by atoms with Crippen LogP contribution in [0.4, 0.5) is 0 Å². The number of aryl methyl sites for hydroxylation is 1. The van der Waals surface area contributed by atoms with Gasteiger partial charge in [-0.3, -0.25) is 9.55 Å². The van der Waals surface area contributed by atoms with Crippen LogP contribution in [0.5, 0.6) is 0 Å². The Morgan fingerprint density at radius 3 is 2.85 bits per heavy atom. The van der Waals surface area contributed by atoms with Crippen LogP contribution in [0.3, 0.4) is 0 Å². The van der Waals surface area contributed by atoms with Crippen LogP contribution >= 0.6 is 0 Å². The lowest BCUT2D eigenvalue weighted by molar-refractivity contribution is 0.375. The van der Waals surface area contributed by atoms with E-state index < -0.39 is 15.8 Å². The summed E-state index contributed by atoms with van der Waals surface area (Å²) >= 11 is 0. The largest absolute Gasteiger partial charge is 0.419 e. The second kappa shape index (κ2) is 6.45. The van der Waals surface area contributed by atoms with Crippen LogP contribution in [0, 0.1) is 0 Å². The molecule has 1 N–H and O–H groups in total. The number of nitrogens with zero attached hydrogens (tertiary/aromatic N) is 4. The third-order valence-electron chi connectivity index (χ3n) is 3.85. The minimum Gasteiger partial charge on any atom is -0.408 e. The molecule has 10 nitrogen and oxygen atoms in total. The standard InChI is InChI=1S/C16H13N5O5S/c1-21-12-8-10(5-6-13(12)25-16(21)22)27(23,24)18-9-14-19-15(20-26-14)11-4-2-3-7-17-11/h2-8,18H,9H2,1H3. The second-order valence-corrected chi connectivity index (χ2v) is 7.37. The first-order valence-corrected chi connectivity index (χ1v) is 9.25. The van der Waals surface area contributed by atoms with Crippen molar-refractivity contribution in [2.75, 3.05) is 0 Å². The summed E-state index contributed by atoms with van der Waals surface area (Å²) in [5.74, 6) is -0.212. The van der Waals surface area contributed by atoms with E-state index in [-0.39, 0.29) is 23.2 Å². The highest BCUT2D eigenvalue weighted by atomic mass is 32.2. The maximum absolute atomic E-state index is 12.5. The quantitative estimate of drug-likeness (QED) is 0.537. The van der Waals surface area contributed by atoms with Crippen molar-refractivity contribution in [1.29, 1.82) is 0 Å². The lowest BCUT2D eigenvalue weighted by Gasteiger charge is -2.04. The highest BCUT2D eigenvalue weighted by Gasteiger charge is 2.18. The third-order valence-corrected chi connectivity index (χ3v) is 5.25. The summed E-state index contributed by atoms with van der Waals surface area (Å²) in [7, 11) is -2.37. The number of hydrogen-bond donors (Lipinski definition) is 1. The van der Waals surface area contributed by atoms with Gasteiger partial charge in [0.25, 0.3) is 0 Å². The summed E-state index contributed by atoms with van der Waals surface area (Å²) in [4.78, 5) is 19.7. The molecule has 0 radical (unpaired) electrons. The van der Waals surface area contributed by atoms with Crippen molar-refractivity contribution in [1.82, 2.24) is 24.4 Å². The van der Waals surface area contributed by atoms with Crippen LogP contribution in [-0.2, 0) is 23.6 Å². The molecule has 3 aromatic heterocycles. The molecule has 0 saturated carbocycles. The molecule has 0 amide bonds. The number of oxazole rings is 1. The van der Waals surface area contributed by atoms with Crippen molar-refractivity contribution in [2.45, 2.75) is 11.4 Å². The van der Waals surface area contributed by atoms with Crippen molar-refractivity contribution in [2.24, 2.45) is 7.05 Å². The summed E-state index contributed by atoms with van der Waals surface area (Å²) in [6, 6.07) is 9.38. The molecule has 0 bridgehead atoms. The molecule has 138 valence electrons. The third kappa shape index (κ3) is 3.25. The van der Waals surface area contributed by atoms with Gasteiger partial charge in [0.1, 0.15) is 5.69 Å². The topological polar surface area (TPSA) is 133 Å². The van der Waals surface area contributed by atoms with Crippen LogP contribution < -0.4 is 10.5 Å². The van der Waals surface area contributed by atoms with E-state index in [0.717, 1.165) is 0 Å². The van der Waals surface area contributed by atoms with E-state index in [4.69, 9.17) is 8.94 Å². The zero-order valence-electron chi connectivity index (χ0n) is 14.0. The van der Waals surface area contributed by atoms with Gasteiger partial charge < -0.3 is 8.94 Å². The number of sulfonamides is 1. The fourth-order valence-corrected chi connectivity index (χ4v) is 3.43. The average Bonchev–Trinajstić information content (AvgIpc) is 3.26. The Labute approximate surface area is 152 Å². The summed E-state index contributed by atoms with van der Waals surface area (Å²) in [6.45, 7) is -0.190. The summed E-state index contributed by atoms with van der Waals surface area (Å²) in [5.41, 5.74) is 1.19. The van der Waals surface area contributed by atoms with Gasteiger partial charge in [-0.2, -0.15) is 4.98 Å². The van der Waals surface area contributed by atoms with Crippen LogP contribution in [0.25, 0.3) is 22.6 Å². The van der Waals surface area contributed by atoms with Crippen molar-refractivity contribution < 1.29 is 17.4 Å². The number of rotatable bonds is 5.